The largest absolute Gasteiger partial charge is 0.480 e. The van der Waals surface area contributed by atoms with Gasteiger partial charge in [-0.3, -0.25) is 4.79 Å². The number of nitrogens with zero attached hydrogens (tertiary/aromatic N) is 1. The quantitative estimate of drug-likeness (QED) is 0.879. The third kappa shape index (κ3) is 2.75. The van der Waals surface area contributed by atoms with Crippen LogP contribution in [0.2, 0.25) is 0 Å². The number of hydrogen-bond donors (Lipinski definition) is 2. The van der Waals surface area contributed by atoms with Crippen molar-refractivity contribution in [3.63, 3.8) is 0 Å². The smallest absolute Gasteiger partial charge is 0.326 e. The van der Waals surface area contributed by atoms with Crippen molar-refractivity contribution >= 4 is 27.8 Å². The first kappa shape index (κ1) is 13.1. The monoisotopic (exact) mass is 314 g/mol. The number of nitrogens with one attached hydrogen (secondary N) is 1. The molecule has 0 aliphatic carbocycles. The summed E-state index contributed by atoms with van der Waals surface area (Å²) in [6.45, 7) is 0.506. The van der Waals surface area contributed by atoms with Crippen LogP contribution >= 0.6 is 15.9 Å². The molecule has 0 spiro atoms. The summed E-state index contributed by atoms with van der Waals surface area (Å²) >= 11 is 3.27. The van der Waals surface area contributed by atoms with E-state index in [1.54, 1.807) is 12.3 Å². The van der Waals surface area contributed by atoms with Gasteiger partial charge >= 0.3 is 5.97 Å². The first-order chi connectivity index (χ1) is 8.59. The van der Waals surface area contributed by atoms with Crippen molar-refractivity contribution in [2.24, 2.45) is 0 Å². The zero-order valence-corrected chi connectivity index (χ0v) is 11.4. The van der Waals surface area contributed by atoms with E-state index in [2.05, 4.69) is 20.9 Å². The maximum absolute atomic E-state index is 12.3. The Kier molecular flexibility index (Phi) is 4.06. The summed E-state index contributed by atoms with van der Waals surface area (Å²) in [5, 5.41) is 9.22. The normalized spacial score (nSPS) is 20.5. The second kappa shape index (κ2) is 5.56. The number of carbonyl (C=O) groups excluding carboxylic acids is 1. The van der Waals surface area contributed by atoms with E-state index in [0.717, 1.165) is 23.7 Å². The fourth-order valence-corrected chi connectivity index (χ4v) is 2.60. The van der Waals surface area contributed by atoms with Gasteiger partial charge in [0.1, 0.15) is 11.7 Å². The van der Waals surface area contributed by atoms with Crippen LogP contribution in [0.1, 0.15) is 36.2 Å². The van der Waals surface area contributed by atoms with Crippen LogP contribution in [0.5, 0.6) is 0 Å². The summed E-state index contributed by atoms with van der Waals surface area (Å²) in [6.07, 6.45) is 4.89. The highest BCUT2D eigenvalue weighted by molar-refractivity contribution is 9.10. The molecule has 5 nitrogen and oxygen atoms in total. The molecule has 2 heterocycles. The lowest BCUT2D eigenvalue weighted by atomic mass is 10.1. The number of carboxylic acid groups (broad SMARTS) is 1. The van der Waals surface area contributed by atoms with E-state index in [9.17, 15) is 14.7 Å². The predicted octanol–water partition coefficient (Wildman–Crippen LogP) is 2.25. The molecular weight excluding hydrogens is 300 g/mol. The number of H-pyrrole nitrogens is 1. The highest BCUT2D eigenvalue weighted by Gasteiger charge is 2.31. The Balaban J connectivity index is 2.22. The molecule has 2 N–H and O–H groups in total. The average molecular weight is 315 g/mol. The van der Waals surface area contributed by atoms with E-state index in [4.69, 9.17) is 0 Å². The Morgan fingerprint density at radius 1 is 1.39 bits per heavy atom. The number of aromatic nitrogens is 1. The van der Waals surface area contributed by atoms with Crippen molar-refractivity contribution in [1.29, 1.82) is 0 Å². The van der Waals surface area contributed by atoms with Crippen molar-refractivity contribution in [1.82, 2.24) is 9.88 Å². The molecule has 1 fully saturated rings. The van der Waals surface area contributed by atoms with Gasteiger partial charge in [0.25, 0.3) is 5.91 Å². The van der Waals surface area contributed by atoms with Gasteiger partial charge in [-0.25, -0.2) is 4.79 Å². The van der Waals surface area contributed by atoms with E-state index in [1.807, 2.05) is 0 Å². The van der Waals surface area contributed by atoms with Crippen LogP contribution < -0.4 is 0 Å². The molecular formula is C12H15BrN2O3. The minimum atomic E-state index is -0.920. The van der Waals surface area contributed by atoms with Crippen molar-refractivity contribution in [2.75, 3.05) is 6.54 Å². The van der Waals surface area contributed by atoms with Crippen molar-refractivity contribution in [3.05, 3.63) is 22.4 Å². The zero-order valence-electron chi connectivity index (χ0n) is 9.86. The van der Waals surface area contributed by atoms with E-state index < -0.39 is 12.0 Å². The number of rotatable bonds is 2. The molecule has 0 saturated carbocycles. The Hall–Kier alpha value is -1.30. The zero-order chi connectivity index (χ0) is 13.1. The maximum Gasteiger partial charge on any atom is 0.326 e. The van der Waals surface area contributed by atoms with Crippen LogP contribution in [0.4, 0.5) is 0 Å². The summed E-state index contributed by atoms with van der Waals surface area (Å²) in [6, 6.07) is 0.966. The van der Waals surface area contributed by atoms with Crippen LogP contribution in [-0.4, -0.2) is 39.5 Å². The van der Waals surface area contributed by atoms with Gasteiger partial charge in [-0.1, -0.05) is 12.8 Å². The average Bonchev–Trinajstić information content (AvgIpc) is 2.63. The van der Waals surface area contributed by atoms with Crippen LogP contribution in [0, 0.1) is 0 Å². The van der Waals surface area contributed by atoms with Gasteiger partial charge in [-0.05, 0) is 34.8 Å². The Morgan fingerprint density at radius 3 is 2.78 bits per heavy atom. The summed E-state index contributed by atoms with van der Waals surface area (Å²) in [4.78, 5) is 27.9. The fraction of sp³-hybridized carbons (Fsp3) is 0.500. The van der Waals surface area contributed by atoms with Gasteiger partial charge in [-0.2, -0.15) is 0 Å². The highest BCUT2D eigenvalue weighted by atomic mass is 79.9. The fourth-order valence-electron chi connectivity index (χ4n) is 2.25. The molecule has 1 aromatic heterocycles. The molecule has 6 heteroatoms. The van der Waals surface area contributed by atoms with Gasteiger partial charge < -0.3 is 15.0 Å². The molecule has 1 aliphatic rings. The third-order valence-corrected chi connectivity index (χ3v) is 3.63. The summed E-state index contributed by atoms with van der Waals surface area (Å²) in [7, 11) is 0. The van der Waals surface area contributed by atoms with Crippen LogP contribution in [0.25, 0.3) is 0 Å². The molecule has 0 bridgehead atoms. The number of carboxylic acids is 1. The first-order valence-electron chi connectivity index (χ1n) is 5.97. The lowest BCUT2D eigenvalue weighted by Crippen LogP contribution is -2.44. The SMILES string of the molecule is O=C(O)C1CCCCCN1C(=O)c1cc(Br)c[nH]1. The van der Waals surface area contributed by atoms with E-state index in [-0.39, 0.29) is 5.91 Å². The second-order valence-electron chi connectivity index (χ2n) is 4.43. The minimum Gasteiger partial charge on any atom is -0.480 e. The lowest BCUT2D eigenvalue weighted by Gasteiger charge is -2.26. The number of halogens is 1. The van der Waals surface area contributed by atoms with Gasteiger partial charge in [-0.15, -0.1) is 0 Å². The van der Waals surface area contributed by atoms with Crippen molar-refractivity contribution in [2.45, 2.75) is 31.7 Å². The van der Waals surface area contributed by atoms with E-state index in [0.29, 0.717) is 18.7 Å². The predicted molar refractivity (Wildman–Crippen MR) is 69.4 cm³/mol. The maximum atomic E-state index is 12.3. The Labute approximate surface area is 113 Å². The van der Waals surface area contributed by atoms with Crippen LogP contribution in [0.3, 0.4) is 0 Å². The van der Waals surface area contributed by atoms with Gasteiger partial charge in [0.05, 0.1) is 0 Å². The number of aliphatic carboxylic acids is 1. The molecule has 1 aromatic rings. The standard InChI is InChI=1S/C12H15BrN2O3/c13-8-6-9(14-7-8)11(16)15-5-3-1-2-4-10(15)12(17)18/h6-7,10,14H,1-5H2,(H,17,18). The number of aromatic amines is 1. The third-order valence-electron chi connectivity index (χ3n) is 3.18. The molecule has 1 aliphatic heterocycles. The number of carbonyl (C=O) groups is 2. The number of hydrogen-bond acceptors (Lipinski definition) is 2. The molecule has 18 heavy (non-hydrogen) atoms. The molecule has 1 amide bonds. The molecule has 1 unspecified atom stereocenters. The molecule has 98 valence electrons. The first-order valence-corrected chi connectivity index (χ1v) is 6.76. The summed E-state index contributed by atoms with van der Waals surface area (Å²) in [5.41, 5.74) is 0.426. The summed E-state index contributed by atoms with van der Waals surface area (Å²) < 4.78 is 0.785. The van der Waals surface area contributed by atoms with Gasteiger partial charge in [0.2, 0.25) is 0 Å². The highest BCUT2D eigenvalue weighted by Crippen LogP contribution is 2.20. The topological polar surface area (TPSA) is 73.4 Å². The summed E-state index contributed by atoms with van der Waals surface area (Å²) in [5.74, 6) is -1.16. The minimum absolute atomic E-state index is 0.241. The Bertz CT molecular complexity index is 458. The molecule has 2 rings (SSSR count). The number of amides is 1. The number of likely N-dealkylation sites (tertiary alicyclic amines) is 1. The van der Waals surface area contributed by atoms with E-state index >= 15 is 0 Å². The Morgan fingerprint density at radius 2 is 2.17 bits per heavy atom. The van der Waals surface area contributed by atoms with Crippen LogP contribution in [-0.2, 0) is 4.79 Å². The van der Waals surface area contributed by atoms with E-state index in [1.165, 1.54) is 4.90 Å². The molecule has 0 radical (unpaired) electrons. The molecule has 1 saturated heterocycles. The lowest BCUT2D eigenvalue weighted by molar-refractivity contribution is -0.142. The van der Waals surface area contributed by atoms with Crippen molar-refractivity contribution in [3.8, 4) is 0 Å². The molecule has 1 atom stereocenters. The van der Waals surface area contributed by atoms with Gasteiger partial charge in [0, 0.05) is 17.2 Å². The van der Waals surface area contributed by atoms with Gasteiger partial charge in [0.15, 0.2) is 0 Å². The molecule has 0 aromatic carbocycles. The van der Waals surface area contributed by atoms with Crippen molar-refractivity contribution < 1.29 is 14.7 Å². The van der Waals surface area contributed by atoms with Crippen LogP contribution in [0.15, 0.2) is 16.7 Å². The second-order valence-corrected chi connectivity index (χ2v) is 5.35.